The van der Waals surface area contributed by atoms with Gasteiger partial charge < -0.3 is 4.74 Å². The highest BCUT2D eigenvalue weighted by Crippen LogP contribution is 2.47. The molecule has 0 amide bonds. The second-order valence-electron chi connectivity index (χ2n) is 10.7. The maximum Gasteiger partial charge on any atom is 0.126 e. The second-order valence-corrected chi connectivity index (χ2v) is 10.7. The van der Waals surface area contributed by atoms with Gasteiger partial charge in [0.1, 0.15) is 5.82 Å². The summed E-state index contributed by atoms with van der Waals surface area (Å²) in [7, 11) is 1.86. The molecule has 1 aromatic carbocycles. The van der Waals surface area contributed by atoms with Crippen molar-refractivity contribution in [1.82, 2.24) is 0 Å². The zero-order valence-corrected chi connectivity index (χ0v) is 19.4. The Morgan fingerprint density at radius 3 is 2.53 bits per heavy atom. The van der Waals surface area contributed by atoms with Crippen LogP contribution in [0.5, 0.6) is 0 Å². The van der Waals surface area contributed by atoms with Crippen LogP contribution in [0.2, 0.25) is 0 Å². The summed E-state index contributed by atoms with van der Waals surface area (Å²) >= 11 is 0. The molecule has 168 valence electrons. The standard InChI is InChI=1S/C28H43FO/c1-3-4-5-6-7-8-20-9-10-23-18-27(28(29)19-25(23)15-20)24-12-11-22-17-26(30-2)14-13-21(22)16-24/h18-22,24,26H,3-17H2,1-2H3. The first-order chi connectivity index (χ1) is 14.7. The molecule has 0 radical (unpaired) electrons. The summed E-state index contributed by atoms with van der Waals surface area (Å²) in [6.45, 7) is 2.28. The third-order valence-electron chi connectivity index (χ3n) is 8.70. The minimum absolute atomic E-state index is 0.0892. The van der Waals surface area contributed by atoms with Crippen molar-refractivity contribution in [1.29, 1.82) is 0 Å². The predicted molar refractivity (Wildman–Crippen MR) is 124 cm³/mol. The number of hydrogen-bond donors (Lipinski definition) is 0. The monoisotopic (exact) mass is 414 g/mol. The average molecular weight is 415 g/mol. The summed E-state index contributed by atoms with van der Waals surface area (Å²) in [4.78, 5) is 0. The van der Waals surface area contributed by atoms with Gasteiger partial charge in [0.25, 0.3) is 0 Å². The lowest BCUT2D eigenvalue weighted by Crippen LogP contribution is -2.33. The van der Waals surface area contributed by atoms with Crippen LogP contribution in [0.3, 0.4) is 0 Å². The van der Waals surface area contributed by atoms with Crippen molar-refractivity contribution >= 4 is 0 Å². The van der Waals surface area contributed by atoms with E-state index >= 15 is 4.39 Å². The van der Waals surface area contributed by atoms with E-state index in [9.17, 15) is 0 Å². The predicted octanol–water partition coefficient (Wildman–Crippen LogP) is 7.99. The number of unbranched alkanes of at least 4 members (excludes halogenated alkanes) is 4. The van der Waals surface area contributed by atoms with Crippen LogP contribution in [0.4, 0.5) is 4.39 Å². The van der Waals surface area contributed by atoms with Crippen LogP contribution in [0.15, 0.2) is 12.1 Å². The molecule has 3 aliphatic carbocycles. The summed E-state index contributed by atoms with van der Waals surface area (Å²) in [6.07, 6.45) is 19.5. The Morgan fingerprint density at radius 2 is 1.70 bits per heavy atom. The van der Waals surface area contributed by atoms with Crippen molar-refractivity contribution < 1.29 is 9.13 Å². The third kappa shape index (κ3) is 5.29. The van der Waals surface area contributed by atoms with Crippen molar-refractivity contribution in [3.05, 3.63) is 34.6 Å². The van der Waals surface area contributed by atoms with Crippen molar-refractivity contribution in [2.24, 2.45) is 17.8 Å². The lowest BCUT2D eigenvalue weighted by atomic mass is 9.65. The molecule has 2 heteroatoms. The van der Waals surface area contributed by atoms with Crippen LogP contribution in [-0.2, 0) is 17.6 Å². The topological polar surface area (TPSA) is 9.23 Å². The van der Waals surface area contributed by atoms with Gasteiger partial charge in [0.2, 0.25) is 0 Å². The molecule has 0 spiro atoms. The zero-order chi connectivity index (χ0) is 20.9. The minimum Gasteiger partial charge on any atom is -0.381 e. The molecule has 0 heterocycles. The molecule has 5 atom stereocenters. The van der Waals surface area contributed by atoms with Crippen LogP contribution in [0.1, 0.15) is 113 Å². The van der Waals surface area contributed by atoms with Gasteiger partial charge in [-0.3, -0.25) is 0 Å². The Balaban J connectivity index is 1.35. The van der Waals surface area contributed by atoms with Crippen molar-refractivity contribution in [3.8, 4) is 0 Å². The van der Waals surface area contributed by atoms with Crippen LogP contribution >= 0.6 is 0 Å². The molecule has 0 N–H and O–H groups in total. The molecular formula is C28H43FO. The van der Waals surface area contributed by atoms with Gasteiger partial charge in [0.15, 0.2) is 0 Å². The van der Waals surface area contributed by atoms with Crippen LogP contribution < -0.4 is 0 Å². The first-order valence-electron chi connectivity index (χ1n) is 13.0. The van der Waals surface area contributed by atoms with Gasteiger partial charge in [-0.2, -0.15) is 0 Å². The molecule has 1 aromatic rings. The van der Waals surface area contributed by atoms with Crippen molar-refractivity contribution in [3.63, 3.8) is 0 Å². The van der Waals surface area contributed by atoms with Gasteiger partial charge in [-0.25, -0.2) is 4.39 Å². The normalized spacial score (nSPS) is 31.2. The van der Waals surface area contributed by atoms with Gasteiger partial charge in [-0.05, 0) is 104 Å². The first-order valence-corrected chi connectivity index (χ1v) is 13.0. The fourth-order valence-corrected chi connectivity index (χ4v) is 6.81. The Kier molecular flexibility index (Phi) is 7.90. The van der Waals surface area contributed by atoms with E-state index in [0.29, 0.717) is 12.0 Å². The van der Waals surface area contributed by atoms with Crippen molar-refractivity contribution in [2.75, 3.05) is 7.11 Å². The van der Waals surface area contributed by atoms with E-state index in [2.05, 4.69) is 13.0 Å². The number of benzene rings is 1. The first kappa shape index (κ1) is 22.3. The molecule has 1 nitrogen and oxygen atoms in total. The van der Waals surface area contributed by atoms with Gasteiger partial charge in [-0.15, -0.1) is 0 Å². The van der Waals surface area contributed by atoms with Crippen LogP contribution in [-0.4, -0.2) is 13.2 Å². The summed E-state index contributed by atoms with van der Waals surface area (Å²) in [6, 6.07) is 4.22. The number of rotatable bonds is 8. The SMILES string of the molecule is CCCCCCCC1CCc2cc(C3CCC4CC(OC)CCC4C3)c(F)cc2C1. The Morgan fingerprint density at radius 1 is 0.900 bits per heavy atom. The molecule has 5 unspecified atom stereocenters. The van der Waals surface area contributed by atoms with Gasteiger partial charge >= 0.3 is 0 Å². The maximum atomic E-state index is 15.2. The lowest BCUT2D eigenvalue weighted by Gasteiger charge is -2.42. The number of fused-ring (bicyclic) bond motifs is 2. The number of ether oxygens (including phenoxy) is 1. The second kappa shape index (κ2) is 10.6. The van der Waals surface area contributed by atoms with Crippen LogP contribution in [0.25, 0.3) is 0 Å². The van der Waals surface area contributed by atoms with E-state index in [4.69, 9.17) is 4.74 Å². The third-order valence-corrected chi connectivity index (χ3v) is 8.70. The molecule has 3 aliphatic rings. The maximum absolute atomic E-state index is 15.2. The highest BCUT2D eigenvalue weighted by Gasteiger charge is 2.37. The van der Waals surface area contributed by atoms with Crippen LogP contribution in [0, 0.1) is 23.6 Å². The highest BCUT2D eigenvalue weighted by molar-refractivity contribution is 5.37. The van der Waals surface area contributed by atoms with Gasteiger partial charge in [-0.1, -0.05) is 51.5 Å². The molecule has 2 saturated carbocycles. The minimum atomic E-state index is 0.0892. The van der Waals surface area contributed by atoms with E-state index in [0.717, 1.165) is 42.6 Å². The molecule has 4 rings (SSSR count). The molecule has 2 fully saturated rings. The Bertz CT molecular complexity index is 683. The molecule has 30 heavy (non-hydrogen) atoms. The molecule has 0 aromatic heterocycles. The van der Waals surface area contributed by atoms with E-state index in [1.807, 2.05) is 13.2 Å². The van der Waals surface area contributed by atoms with Gasteiger partial charge in [0, 0.05) is 7.11 Å². The number of aryl methyl sites for hydroxylation is 1. The Hall–Kier alpha value is -0.890. The number of hydrogen-bond acceptors (Lipinski definition) is 1. The molecular weight excluding hydrogens is 371 g/mol. The fraction of sp³-hybridized carbons (Fsp3) is 0.786. The van der Waals surface area contributed by atoms with E-state index in [-0.39, 0.29) is 5.82 Å². The fourth-order valence-electron chi connectivity index (χ4n) is 6.81. The zero-order valence-electron chi connectivity index (χ0n) is 19.4. The Labute approximate surface area is 184 Å². The summed E-state index contributed by atoms with van der Waals surface area (Å²) < 4.78 is 20.8. The summed E-state index contributed by atoms with van der Waals surface area (Å²) in [5.74, 6) is 2.88. The molecule has 0 saturated heterocycles. The van der Waals surface area contributed by atoms with Crippen molar-refractivity contribution in [2.45, 2.75) is 115 Å². The molecule has 0 bridgehead atoms. The lowest BCUT2D eigenvalue weighted by molar-refractivity contribution is 0.0121. The van der Waals surface area contributed by atoms with E-state index in [1.54, 1.807) is 0 Å². The quantitative estimate of drug-likeness (QED) is 0.392. The van der Waals surface area contributed by atoms with E-state index in [1.165, 1.54) is 88.2 Å². The summed E-state index contributed by atoms with van der Waals surface area (Å²) in [5, 5.41) is 0. The van der Waals surface area contributed by atoms with Gasteiger partial charge in [0.05, 0.1) is 6.10 Å². The smallest absolute Gasteiger partial charge is 0.126 e. The summed E-state index contributed by atoms with van der Waals surface area (Å²) in [5.41, 5.74) is 3.81. The highest BCUT2D eigenvalue weighted by atomic mass is 19.1. The largest absolute Gasteiger partial charge is 0.381 e. The number of methoxy groups -OCH3 is 1. The number of halogens is 1. The molecule has 0 aliphatic heterocycles. The van der Waals surface area contributed by atoms with E-state index < -0.39 is 0 Å². The average Bonchev–Trinajstić information content (AvgIpc) is 2.77.